The summed E-state index contributed by atoms with van der Waals surface area (Å²) < 4.78 is 9.82. The summed E-state index contributed by atoms with van der Waals surface area (Å²) in [5, 5.41) is 7.04. The first kappa shape index (κ1) is 37.3. The highest BCUT2D eigenvalue weighted by molar-refractivity contribution is 6.24. The van der Waals surface area contributed by atoms with Crippen molar-refractivity contribution in [2.24, 2.45) is 0 Å². The van der Waals surface area contributed by atoms with Crippen LogP contribution in [0.4, 0.5) is 17.1 Å². The Bertz CT molecular complexity index is 3930. The lowest BCUT2D eigenvalue weighted by molar-refractivity contribution is 0.590. The van der Waals surface area contributed by atoms with E-state index < -0.39 is 5.41 Å². The average Bonchev–Trinajstić information content (AvgIpc) is 4.08. The Morgan fingerprint density at radius 2 is 1.09 bits per heavy atom. The van der Waals surface area contributed by atoms with Crippen molar-refractivity contribution in [1.82, 2.24) is 4.57 Å². The summed E-state index contributed by atoms with van der Waals surface area (Å²) in [6, 6.07) is 78.8. The molecule has 2 heterocycles. The number of rotatable bonds is 4. The third kappa shape index (κ3) is 4.87. The molecule has 14 rings (SSSR count). The van der Waals surface area contributed by atoms with Crippen molar-refractivity contribution >= 4 is 71.6 Å². The van der Waals surface area contributed by atoms with Gasteiger partial charge in [-0.25, -0.2) is 0 Å². The minimum Gasteiger partial charge on any atom is -0.455 e. The van der Waals surface area contributed by atoms with E-state index in [9.17, 15) is 0 Å². The van der Waals surface area contributed by atoms with Crippen molar-refractivity contribution in [3.05, 3.63) is 240 Å². The van der Waals surface area contributed by atoms with Gasteiger partial charge >= 0.3 is 0 Å². The molecule has 0 saturated carbocycles. The molecular formula is C63H44N2O. The van der Waals surface area contributed by atoms with Crippen molar-refractivity contribution < 1.29 is 4.42 Å². The molecule has 312 valence electrons. The molecule has 66 heavy (non-hydrogen) atoms. The molecule has 0 saturated heterocycles. The number of hydrogen-bond donors (Lipinski definition) is 0. The van der Waals surface area contributed by atoms with Crippen LogP contribution in [0.2, 0.25) is 0 Å². The monoisotopic (exact) mass is 844 g/mol. The molecule has 3 nitrogen and oxygen atoms in total. The molecule has 0 N–H and O–H groups in total. The molecule has 0 fully saturated rings. The van der Waals surface area contributed by atoms with Gasteiger partial charge in [-0.05, 0) is 115 Å². The molecule has 1 spiro atoms. The van der Waals surface area contributed by atoms with Crippen LogP contribution >= 0.6 is 0 Å². The first-order valence-corrected chi connectivity index (χ1v) is 23.1. The number of nitrogens with zero attached hydrogens (tertiary/aromatic N) is 2. The minimum atomic E-state index is -0.610. The highest BCUT2D eigenvalue weighted by Gasteiger charge is 2.53. The second kappa shape index (κ2) is 13.4. The van der Waals surface area contributed by atoms with E-state index in [1.54, 1.807) is 0 Å². The van der Waals surface area contributed by atoms with Crippen molar-refractivity contribution in [1.29, 1.82) is 0 Å². The van der Waals surface area contributed by atoms with Crippen molar-refractivity contribution in [3.63, 3.8) is 0 Å². The molecule has 0 radical (unpaired) electrons. The molecule has 0 aliphatic heterocycles. The Balaban J connectivity index is 1.19. The Morgan fingerprint density at radius 1 is 0.455 bits per heavy atom. The van der Waals surface area contributed by atoms with Crippen LogP contribution in [0.15, 0.2) is 217 Å². The molecule has 10 aromatic carbocycles. The molecule has 0 amide bonds. The molecule has 0 atom stereocenters. The fourth-order valence-electron chi connectivity index (χ4n) is 12.0. The van der Waals surface area contributed by atoms with Crippen LogP contribution in [0, 0.1) is 0 Å². The zero-order valence-corrected chi connectivity index (χ0v) is 37.0. The first-order valence-electron chi connectivity index (χ1n) is 23.1. The average molecular weight is 845 g/mol. The van der Waals surface area contributed by atoms with Crippen LogP contribution in [0.25, 0.3) is 82.5 Å². The maximum Gasteiger partial charge on any atom is 0.145 e. The molecule has 0 unspecified atom stereocenters. The Morgan fingerprint density at radius 3 is 1.85 bits per heavy atom. The number of aromatic nitrogens is 1. The molecule has 2 aliphatic carbocycles. The lowest BCUT2D eigenvalue weighted by Crippen LogP contribution is -2.26. The fourth-order valence-corrected chi connectivity index (χ4v) is 12.0. The number of furan rings is 1. The second-order valence-electron chi connectivity index (χ2n) is 19.2. The van der Waals surface area contributed by atoms with Crippen LogP contribution in [0.5, 0.6) is 0 Å². The van der Waals surface area contributed by atoms with Gasteiger partial charge < -0.3 is 13.9 Å². The van der Waals surface area contributed by atoms with Gasteiger partial charge in [-0.2, -0.15) is 0 Å². The van der Waals surface area contributed by atoms with Gasteiger partial charge in [-0.1, -0.05) is 178 Å². The van der Waals surface area contributed by atoms with Gasteiger partial charge in [0.1, 0.15) is 11.2 Å². The molecule has 0 bridgehead atoms. The van der Waals surface area contributed by atoms with E-state index in [0.29, 0.717) is 0 Å². The highest BCUT2D eigenvalue weighted by atomic mass is 16.3. The third-order valence-corrected chi connectivity index (χ3v) is 14.7. The summed E-state index contributed by atoms with van der Waals surface area (Å²) in [6.45, 7) is 6.87. The quantitative estimate of drug-likeness (QED) is 0.176. The highest BCUT2D eigenvalue weighted by Crippen LogP contribution is 2.66. The van der Waals surface area contributed by atoms with Gasteiger partial charge in [0.15, 0.2) is 0 Å². The van der Waals surface area contributed by atoms with E-state index in [1.807, 2.05) is 0 Å². The summed E-state index contributed by atoms with van der Waals surface area (Å²) in [5.74, 6) is 0. The molecular weight excluding hydrogens is 801 g/mol. The van der Waals surface area contributed by atoms with Gasteiger partial charge in [0.2, 0.25) is 0 Å². The van der Waals surface area contributed by atoms with Crippen molar-refractivity contribution in [3.8, 4) is 27.9 Å². The predicted molar refractivity (Wildman–Crippen MR) is 275 cm³/mol. The Labute approximate surface area is 383 Å². The van der Waals surface area contributed by atoms with E-state index in [2.05, 4.69) is 243 Å². The van der Waals surface area contributed by atoms with Gasteiger partial charge in [0, 0.05) is 33.1 Å². The molecule has 3 heteroatoms. The largest absolute Gasteiger partial charge is 0.455 e. The first-order chi connectivity index (χ1) is 32.4. The molecule has 12 aromatic rings. The predicted octanol–water partition coefficient (Wildman–Crippen LogP) is 16.9. The maximum atomic E-state index is 7.40. The summed E-state index contributed by atoms with van der Waals surface area (Å²) in [7, 11) is 0. The number of benzene rings is 10. The summed E-state index contributed by atoms with van der Waals surface area (Å²) >= 11 is 0. The lowest BCUT2D eigenvalue weighted by Gasteiger charge is -2.33. The third-order valence-electron chi connectivity index (χ3n) is 14.7. The van der Waals surface area contributed by atoms with Crippen LogP contribution in [0.1, 0.15) is 48.6 Å². The van der Waals surface area contributed by atoms with E-state index in [1.165, 1.54) is 77.1 Å². The SMILES string of the molecule is CC(C)(C)c1ccc(N(c2cc3c(c4oc5ccccc5c24)-c2c(ccc4ccccc24)C32c3ccccc3-c3ccccc32)c2cccc3c2c2ccccc2n3-c2ccccc2)cc1. The van der Waals surface area contributed by atoms with E-state index in [-0.39, 0.29) is 5.41 Å². The van der Waals surface area contributed by atoms with Crippen LogP contribution in [-0.2, 0) is 10.8 Å². The van der Waals surface area contributed by atoms with Gasteiger partial charge in [0.05, 0.1) is 33.2 Å². The number of hydrogen-bond acceptors (Lipinski definition) is 2. The van der Waals surface area contributed by atoms with E-state index in [4.69, 9.17) is 4.42 Å². The standard InChI is InChI=1S/C63H44N2O/c1-62(2,3)40-33-35-42(36-34-40)65(54-30-17-29-53-58(54)46-24-11-15-28-52(46)64(53)41-19-5-4-6-20-41)55-38-51-60(61-59(55)47-25-12-16-31-56(47)66-61)57-43-21-8-7-18-39(43)32-37-50(57)63(51)48-26-13-9-22-44(48)45-23-10-14-27-49(45)63/h4-38H,1-3H3. The zero-order valence-electron chi connectivity index (χ0n) is 37.0. The normalized spacial score (nSPS) is 13.5. The summed E-state index contributed by atoms with van der Waals surface area (Å²) in [4.78, 5) is 2.54. The maximum absolute atomic E-state index is 7.40. The topological polar surface area (TPSA) is 21.3 Å². The Kier molecular flexibility index (Phi) is 7.59. The van der Waals surface area contributed by atoms with Gasteiger partial charge in [0.25, 0.3) is 0 Å². The van der Waals surface area contributed by atoms with E-state index in [0.717, 1.165) is 50.2 Å². The van der Waals surface area contributed by atoms with Crippen LogP contribution < -0.4 is 4.90 Å². The zero-order chi connectivity index (χ0) is 43.9. The van der Waals surface area contributed by atoms with Crippen LogP contribution in [0.3, 0.4) is 0 Å². The van der Waals surface area contributed by atoms with E-state index >= 15 is 0 Å². The molecule has 2 aliphatic rings. The number of fused-ring (bicyclic) bond motifs is 19. The minimum absolute atomic E-state index is 0.0156. The van der Waals surface area contributed by atoms with Crippen LogP contribution in [-0.4, -0.2) is 4.57 Å². The molecule has 2 aromatic heterocycles. The summed E-state index contributed by atoms with van der Waals surface area (Å²) in [6.07, 6.45) is 0. The van der Waals surface area contributed by atoms with Gasteiger partial charge in [-0.15, -0.1) is 0 Å². The number of para-hydroxylation sites is 3. The van der Waals surface area contributed by atoms with Gasteiger partial charge in [-0.3, -0.25) is 0 Å². The van der Waals surface area contributed by atoms with Crippen molar-refractivity contribution in [2.45, 2.75) is 31.6 Å². The smallest absolute Gasteiger partial charge is 0.145 e. The number of anilines is 3. The Hall–Kier alpha value is -8.14. The van der Waals surface area contributed by atoms with Crippen molar-refractivity contribution in [2.75, 3.05) is 4.90 Å². The summed E-state index contributed by atoms with van der Waals surface area (Å²) in [5.41, 5.74) is 19.3. The second-order valence-corrected chi connectivity index (χ2v) is 19.2. The fraction of sp³-hybridized carbons (Fsp3) is 0.0794. The lowest BCUT2D eigenvalue weighted by atomic mass is 9.70.